The topological polar surface area (TPSA) is 131 Å². The number of aromatic nitrogens is 3. The molecule has 1 aliphatic rings. The minimum atomic E-state index is -4.17. The predicted molar refractivity (Wildman–Crippen MR) is 156 cm³/mol. The van der Waals surface area contributed by atoms with Gasteiger partial charge in [0.2, 0.25) is 16.0 Å². The first-order valence-corrected chi connectivity index (χ1v) is 17.1. The Kier molecular flexibility index (Phi) is 8.53. The molecule has 10 nitrogen and oxygen atoms in total. The molecular formula is C27H25ClF3N5O5S2. The van der Waals surface area contributed by atoms with Crippen molar-refractivity contribution in [3.63, 3.8) is 0 Å². The molecule has 1 saturated heterocycles. The van der Waals surface area contributed by atoms with E-state index in [1.807, 2.05) is 0 Å². The highest BCUT2D eigenvalue weighted by Gasteiger charge is 2.26. The molecule has 0 radical (unpaired) electrons. The summed E-state index contributed by atoms with van der Waals surface area (Å²) >= 11 is 0. The zero-order valence-corrected chi connectivity index (χ0v) is 24.9. The summed E-state index contributed by atoms with van der Waals surface area (Å²) in [5.41, 5.74) is -0.290. The molecule has 3 heterocycles. The van der Waals surface area contributed by atoms with E-state index < -0.39 is 47.3 Å². The molecule has 2 aromatic heterocycles. The summed E-state index contributed by atoms with van der Waals surface area (Å²) in [6.07, 6.45) is 0.458. The van der Waals surface area contributed by atoms with Gasteiger partial charge in [-0.15, -0.1) is 0 Å². The Hall–Kier alpha value is -3.53. The summed E-state index contributed by atoms with van der Waals surface area (Å²) in [4.78, 5) is 21.4. The molecule has 1 N–H and O–H groups in total. The summed E-state index contributed by atoms with van der Waals surface area (Å²) < 4.78 is 91.1. The second kappa shape index (κ2) is 11.9. The molecule has 0 bridgehead atoms. The van der Waals surface area contributed by atoms with Crippen molar-refractivity contribution >= 4 is 46.7 Å². The van der Waals surface area contributed by atoms with E-state index in [0.717, 1.165) is 29.0 Å². The highest BCUT2D eigenvalue weighted by molar-refractivity contribution is 8.13. The molecule has 4 aromatic rings. The van der Waals surface area contributed by atoms with Gasteiger partial charge in [-0.2, -0.15) is 4.98 Å². The molecule has 0 aliphatic carbocycles. The van der Waals surface area contributed by atoms with Crippen LogP contribution in [0.4, 0.5) is 19.1 Å². The Bertz CT molecular complexity index is 1970. The van der Waals surface area contributed by atoms with E-state index in [4.69, 9.17) is 10.7 Å². The van der Waals surface area contributed by atoms with E-state index >= 15 is 0 Å². The third-order valence-electron chi connectivity index (χ3n) is 7.13. The van der Waals surface area contributed by atoms with E-state index in [1.165, 1.54) is 16.6 Å². The lowest BCUT2D eigenvalue weighted by Crippen LogP contribution is -2.42. The largest absolute Gasteiger partial charge is 0.351 e. The quantitative estimate of drug-likeness (QED) is 0.277. The van der Waals surface area contributed by atoms with Crippen LogP contribution in [-0.4, -0.2) is 61.1 Å². The van der Waals surface area contributed by atoms with Crippen LogP contribution in [0.2, 0.25) is 0 Å². The molecule has 0 saturated carbocycles. The van der Waals surface area contributed by atoms with Crippen molar-refractivity contribution in [2.75, 3.05) is 24.7 Å². The molecule has 5 rings (SSSR count). The zero-order chi connectivity index (χ0) is 31.1. The molecule has 0 unspecified atom stereocenters. The number of anilines is 1. The van der Waals surface area contributed by atoms with Gasteiger partial charge in [0.15, 0.2) is 0 Å². The number of piperidine rings is 1. The lowest BCUT2D eigenvalue weighted by atomic mass is 10.0. The number of nitrogens with zero attached hydrogens (tertiary/aromatic N) is 4. The number of nitrogens with one attached hydrogen (secondary N) is 1. The van der Waals surface area contributed by atoms with Gasteiger partial charge < -0.3 is 5.32 Å². The molecule has 228 valence electrons. The average molecular weight is 656 g/mol. The number of benzene rings is 2. The minimum Gasteiger partial charge on any atom is -0.351 e. The average Bonchev–Trinajstić information content (AvgIpc) is 2.94. The Morgan fingerprint density at radius 2 is 1.70 bits per heavy atom. The van der Waals surface area contributed by atoms with Crippen LogP contribution >= 0.6 is 10.7 Å². The molecule has 1 fully saturated rings. The van der Waals surface area contributed by atoms with Gasteiger partial charge in [0, 0.05) is 41.4 Å². The van der Waals surface area contributed by atoms with Gasteiger partial charge in [0.25, 0.3) is 21.0 Å². The number of pyridine rings is 1. The van der Waals surface area contributed by atoms with Gasteiger partial charge in [0.1, 0.15) is 11.5 Å². The van der Waals surface area contributed by atoms with Crippen molar-refractivity contribution in [1.29, 1.82) is 0 Å². The van der Waals surface area contributed by atoms with E-state index in [2.05, 4.69) is 15.3 Å². The molecule has 0 atom stereocenters. The molecule has 2 aromatic carbocycles. The number of rotatable bonds is 8. The number of fused-ring (bicyclic) bond motifs is 1. The summed E-state index contributed by atoms with van der Waals surface area (Å²) in [6, 6.07) is 10.4. The fourth-order valence-corrected chi connectivity index (χ4v) is 6.59. The van der Waals surface area contributed by atoms with E-state index in [-0.39, 0.29) is 35.1 Å². The Balaban J connectivity index is 1.45. The van der Waals surface area contributed by atoms with Crippen LogP contribution in [0.3, 0.4) is 0 Å². The second-order valence-electron chi connectivity index (χ2n) is 10.2. The van der Waals surface area contributed by atoms with E-state index in [1.54, 1.807) is 24.3 Å². The Morgan fingerprint density at radius 1 is 1.02 bits per heavy atom. The fourth-order valence-electron chi connectivity index (χ4n) is 4.92. The van der Waals surface area contributed by atoms with Gasteiger partial charge in [-0.3, -0.25) is 9.36 Å². The lowest BCUT2D eigenvalue weighted by Gasteiger charge is -2.30. The summed E-state index contributed by atoms with van der Waals surface area (Å²) in [7, 11) is -2.10. The molecule has 0 amide bonds. The van der Waals surface area contributed by atoms with Crippen LogP contribution in [-0.2, 0) is 25.6 Å². The first-order valence-electron chi connectivity index (χ1n) is 12.9. The number of hydrogen-bond donors (Lipinski definition) is 1. The van der Waals surface area contributed by atoms with Crippen molar-refractivity contribution in [2.24, 2.45) is 0 Å². The van der Waals surface area contributed by atoms with Crippen molar-refractivity contribution in [2.45, 2.75) is 36.7 Å². The van der Waals surface area contributed by atoms with Crippen LogP contribution in [0, 0.1) is 5.82 Å². The molecular weight excluding hydrogens is 631 g/mol. The normalized spacial score (nSPS) is 15.3. The summed E-state index contributed by atoms with van der Waals surface area (Å²) in [6.45, 7) is 0.506. The minimum absolute atomic E-state index is 0.117. The maximum Gasteiger partial charge on any atom is 0.269 e. The van der Waals surface area contributed by atoms with E-state index in [0.29, 0.717) is 37.1 Å². The maximum absolute atomic E-state index is 14.1. The van der Waals surface area contributed by atoms with Crippen LogP contribution < -0.4 is 10.9 Å². The number of hydrogen-bond acceptors (Lipinski definition) is 8. The van der Waals surface area contributed by atoms with Crippen molar-refractivity contribution in [3.05, 3.63) is 82.0 Å². The number of halogens is 4. The van der Waals surface area contributed by atoms with Gasteiger partial charge in [0.05, 0.1) is 23.3 Å². The summed E-state index contributed by atoms with van der Waals surface area (Å²) in [5.74, 6) is -0.637. The zero-order valence-electron chi connectivity index (χ0n) is 22.5. The van der Waals surface area contributed by atoms with Crippen molar-refractivity contribution < 1.29 is 30.0 Å². The standard InChI is InChI=1S/C27H25ClF3N5O5S2/c1-42(38,39)35-8-6-21(7-9-35)33-27-32-14-19-12-23(24(30)31)26(37)36(25(19)34-27)15-16-2-4-17(5-3-16)18-10-20(29)13-22(11-18)43(28,40)41/h2-5,10-14,21,24H,6-9,15H2,1H3,(H,32,33,34). The first-order chi connectivity index (χ1) is 20.2. The SMILES string of the molecule is CS(=O)(=O)N1CCC(Nc2ncc3cc(C(F)F)c(=O)n(Cc4ccc(-c5cc(F)cc(S(=O)(=O)Cl)c5)cc4)c3n2)CC1. The van der Waals surface area contributed by atoms with Gasteiger partial charge in [-0.1, -0.05) is 24.3 Å². The maximum atomic E-state index is 14.1. The number of sulfonamides is 1. The van der Waals surface area contributed by atoms with Crippen molar-refractivity contribution in [3.8, 4) is 11.1 Å². The van der Waals surface area contributed by atoms with Gasteiger partial charge in [-0.25, -0.2) is 39.3 Å². The lowest BCUT2D eigenvalue weighted by molar-refractivity contribution is 0.149. The Labute approximate surface area is 249 Å². The first kappa shape index (κ1) is 30.9. The summed E-state index contributed by atoms with van der Waals surface area (Å²) in [5, 5.41) is 3.37. The third-order valence-corrected chi connectivity index (χ3v) is 9.76. The smallest absolute Gasteiger partial charge is 0.269 e. The molecule has 16 heteroatoms. The fraction of sp³-hybridized carbons (Fsp3) is 0.296. The van der Waals surface area contributed by atoms with Crippen LogP contribution in [0.1, 0.15) is 30.4 Å². The van der Waals surface area contributed by atoms with Crippen LogP contribution in [0.5, 0.6) is 0 Å². The third kappa shape index (κ3) is 7.00. The number of alkyl halides is 2. The monoisotopic (exact) mass is 655 g/mol. The highest BCUT2D eigenvalue weighted by Crippen LogP contribution is 2.27. The van der Waals surface area contributed by atoms with Crippen LogP contribution in [0.25, 0.3) is 22.2 Å². The second-order valence-corrected chi connectivity index (χ2v) is 14.7. The van der Waals surface area contributed by atoms with Crippen molar-refractivity contribution in [1.82, 2.24) is 18.8 Å². The van der Waals surface area contributed by atoms with E-state index in [9.17, 15) is 34.8 Å². The predicted octanol–water partition coefficient (Wildman–Crippen LogP) is 4.35. The highest BCUT2D eigenvalue weighted by atomic mass is 35.7. The molecule has 0 spiro atoms. The van der Waals surface area contributed by atoms with Crippen LogP contribution in [0.15, 0.2) is 64.4 Å². The van der Waals surface area contributed by atoms with Gasteiger partial charge in [-0.05, 0) is 53.8 Å². The molecule has 1 aliphatic heterocycles. The molecule has 43 heavy (non-hydrogen) atoms. The Morgan fingerprint density at radius 3 is 2.30 bits per heavy atom. The van der Waals surface area contributed by atoms with Gasteiger partial charge >= 0.3 is 0 Å².